The van der Waals surface area contributed by atoms with Crippen LogP contribution in [0.2, 0.25) is 0 Å². The first-order valence-electron chi connectivity index (χ1n) is 10.9. The minimum Gasteiger partial charge on any atom is -0.497 e. The smallest absolute Gasteiger partial charge is 0.165 e. The first-order valence-corrected chi connectivity index (χ1v) is 11.7. The second kappa shape index (κ2) is 10.1. The largest absolute Gasteiger partial charge is 0.497 e. The zero-order chi connectivity index (χ0) is 23.4. The summed E-state index contributed by atoms with van der Waals surface area (Å²) < 4.78 is 6.18. The molecule has 0 amide bonds. The zero-order valence-corrected chi connectivity index (χ0v) is 20.5. The molecule has 5 nitrogen and oxygen atoms in total. The quantitative estimate of drug-likeness (QED) is 0.251. The van der Waals surface area contributed by atoms with Crippen LogP contribution in [0.15, 0.2) is 83.5 Å². The first kappa shape index (κ1) is 22.9. The highest BCUT2D eigenvalue weighted by molar-refractivity contribution is 9.10. The highest BCUT2D eigenvalue weighted by Crippen LogP contribution is 2.27. The normalized spacial score (nSPS) is 12.0. The average Bonchev–Trinajstić information content (AvgIpc) is 3.33. The molecule has 0 fully saturated rings. The fraction of sp³-hybridized carbons (Fsp3) is 0.222. The van der Waals surface area contributed by atoms with E-state index in [4.69, 9.17) is 9.84 Å². The summed E-state index contributed by atoms with van der Waals surface area (Å²) >= 11 is 3.49. The van der Waals surface area contributed by atoms with Crippen molar-refractivity contribution in [1.82, 2.24) is 15.0 Å². The third kappa shape index (κ3) is 5.40. The molecule has 33 heavy (non-hydrogen) atoms. The monoisotopic (exact) mass is 503 g/mol. The summed E-state index contributed by atoms with van der Waals surface area (Å²) in [5.41, 5.74) is 4.67. The lowest BCUT2D eigenvalue weighted by Gasteiger charge is -2.16. The van der Waals surface area contributed by atoms with Gasteiger partial charge < -0.3 is 4.74 Å². The summed E-state index contributed by atoms with van der Waals surface area (Å²) in [6, 6.07) is 23.2. The van der Waals surface area contributed by atoms with E-state index in [2.05, 4.69) is 59.1 Å². The highest BCUT2D eigenvalue weighted by Gasteiger charge is 2.22. The number of carbonyl (C=O) groups is 1. The van der Waals surface area contributed by atoms with E-state index in [1.807, 2.05) is 24.3 Å². The number of hydrogen-bond donors (Lipinski definition) is 0. The topological polar surface area (TPSA) is 57.0 Å². The van der Waals surface area contributed by atoms with Crippen molar-refractivity contribution in [3.8, 4) is 17.0 Å². The molecule has 3 aromatic carbocycles. The number of halogens is 1. The number of carbonyl (C=O) groups excluding carboxylic acids is 1. The van der Waals surface area contributed by atoms with E-state index in [1.165, 1.54) is 5.56 Å². The molecular weight excluding hydrogens is 478 g/mol. The van der Waals surface area contributed by atoms with Crippen LogP contribution in [-0.2, 0) is 0 Å². The molecule has 0 aliphatic heterocycles. The van der Waals surface area contributed by atoms with Gasteiger partial charge in [-0.3, -0.25) is 4.79 Å². The summed E-state index contributed by atoms with van der Waals surface area (Å²) in [5.74, 6) is 1.21. The van der Waals surface area contributed by atoms with Crippen LogP contribution in [0.1, 0.15) is 53.7 Å². The predicted octanol–water partition coefficient (Wildman–Crippen LogP) is 6.70. The Kier molecular flexibility index (Phi) is 7.04. The van der Waals surface area contributed by atoms with Crippen molar-refractivity contribution >= 4 is 21.7 Å². The Balaban J connectivity index is 1.63. The standard InChI is InChI=1S/C27H26BrN3O2/c1-18(2)19-4-6-20(7-5-19)25-17-29-31(30-25)26(21-8-12-23(28)13-9-21)16-27(32)22-10-14-24(33-3)15-11-22/h4-15,17-18,26H,16H2,1-3H3. The molecule has 1 aromatic heterocycles. The van der Waals surface area contributed by atoms with E-state index >= 15 is 0 Å². The van der Waals surface area contributed by atoms with Gasteiger partial charge in [0.15, 0.2) is 5.78 Å². The van der Waals surface area contributed by atoms with Gasteiger partial charge >= 0.3 is 0 Å². The Labute approximate surface area is 202 Å². The number of Topliss-reactive ketones (excluding diaryl/α,β-unsaturated/α-hetero) is 1. The van der Waals surface area contributed by atoms with Gasteiger partial charge in [0.25, 0.3) is 0 Å². The van der Waals surface area contributed by atoms with Crippen molar-refractivity contribution in [2.45, 2.75) is 32.2 Å². The fourth-order valence-electron chi connectivity index (χ4n) is 3.69. The zero-order valence-electron chi connectivity index (χ0n) is 18.9. The number of benzene rings is 3. The van der Waals surface area contributed by atoms with Crippen LogP contribution in [0.5, 0.6) is 5.75 Å². The van der Waals surface area contributed by atoms with E-state index in [0.717, 1.165) is 27.0 Å². The Morgan fingerprint density at radius 1 is 0.939 bits per heavy atom. The van der Waals surface area contributed by atoms with Gasteiger partial charge in [0.2, 0.25) is 0 Å². The van der Waals surface area contributed by atoms with Crippen LogP contribution < -0.4 is 4.74 Å². The third-order valence-electron chi connectivity index (χ3n) is 5.71. The summed E-state index contributed by atoms with van der Waals surface area (Å²) in [6.45, 7) is 4.35. The van der Waals surface area contributed by atoms with E-state index in [9.17, 15) is 4.79 Å². The molecule has 0 radical (unpaired) electrons. The summed E-state index contributed by atoms with van der Waals surface area (Å²) in [4.78, 5) is 14.8. The molecule has 1 unspecified atom stereocenters. The molecule has 168 valence electrons. The van der Waals surface area contributed by atoms with Gasteiger partial charge in [0, 0.05) is 22.0 Å². The van der Waals surface area contributed by atoms with E-state index in [-0.39, 0.29) is 18.2 Å². The summed E-state index contributed by atoms with van der Waals surface area (Å²) in [6.07, 6.45) is 2.00. The molecule has 0 aliphatic carbocycles. The molecular formula is C27H26BrN3O2. The number of nitrogens with zero attached hydrogens (tertiary/aromatic N) is 3. The van der Waals surface area contributed by atoms with Crippen LogP contribution in [0.3, 0.4) is 0 Å². The second-order valence-electron chi connectivity index (χ2n) is 8.25. The third-order valence-corrected chi connectivity index (χ3v) is 6.23. The number of rotatable bonds is 8. The Bertz CT molecular complexity index is 1210. The molecule has 0 bridgehead atoms. The molecule has 1 atom stereocenters. The summed E-state index contributed by atoms with van der Waals surface area (Å²) in [7, 11) is 1.61. The van der Waals surface area contributed by atoms with Crippen LogP contribution in [0, 0.1) is 0 Å². The summed E-state index contributed by atoms with van der Waals surface area (Å²) in [5, 5.41) is 9.29. The maximum atomic E-state index is 13.1. The maximum Gasteiger partial charge on any atom is 0.165 e. The van der Waals surface area contributed by atoms with Crippen molar-refractivity contribution in [3.63, 3.8) is 0 Å². The van der Waals surface area contributed by atoms with Crippen molar-refractivity contribution in [2.75, 3.05) is 7.11 Å². The van der Waals surface area contributed by atoms with Gasteiger partial charge in [-0.15, -0.1) is 0 Å². The van der Waals surface area contributed by atoms with Crippen molar-refractivity contribution in [2.24, 2.45) is 0 Å². The fourth-order valence-corrected chi connectivity index (χ4v) is 3.95. The molecule has 0 N–H and O–H groups in total. The lowest BCUT2D eigenvalue weighted by atomic mass is 9.98. The van der Waals surface area contributed by atoms with Crippen molar-refractivity contribution in [3.05, 3.63) is 100 Å². The lowest BCUT2D eigenvalue weighted by molar-refractivity contribution is 0.0964. The number of ketones is 1. The predicted molar refractivity (Wildman–Crippen MR) is 134 cm³/mol. The molecule has 0 spiro atoms. The van der Waals surface area contributed by atoms with E-state index in [1.54, 1.807) is 42.4 Å². The Morgan fingerprint density at radius 3 is 2.18 bits per heavy atom. The van der Waals surface area contributed by atoms with E-state index in [0.29, 0.717) is 11.5 Å². The lowest BCUT2D eigenvalue weighted by Crippen LogP contribution is -2.18. The SMILES string of the molecule is COc1ccc(C(=O)CC(c2ccc(Br)cc2)n2ncc(-c3ccc(C(C)C)cc3)n2)cc1. The molecule has 1 heterocycles. The number of ether oxygens (including phenoxy) is 1. The first-order chi connectivity index (χ1) is 15.9. The van der Waals surface area contributed by atoms with Gasteiger partial charge in [0.1, 0.15) is 17.5 Å². The van der Waals surface area contributed by atoms with Crippen LogP contribution in [-0.4, -0.2) is 27.9 Å². The minimum atomic E-state index is -0.323. The van der Waals surface area contributed by atoms with Gasteiger partial charge in [0.05, 0.1) is 13.3 Å². The average molecular weight is 504 g/mol. The van der Waals surface area contributed by atoms with Gasteiger partial charge in [-0.05, 0) is 53.4 Å². The van der Waals surface area contributed by atoms with Gasteiger partial charge in [-0.2, -0.15) is 15.0 Å². The van der Waals surface area contributed by atoms with E-state index < -0.39 is 0 Å². The molecule has 0 aliphatic rings. The Morgan fingerprint density at radius 2 is 1.58 bits per heavy atom. The second-order valence-corrected chi connectivity index (χ2v) is 9.17. The van der Waals surface area contributed by atoms with Crippen LogP contribution >= 0.6 is 15.9 Å². The van der Waals surface area contributed by atoms with Crippen LogP contribution in [0.25, 0.3) is 11.3 Å². The van der Waals surface area contributed by atoms with Gasteiger partial charge in [-0.1, -0.05) is 66.2 Å². The minimum absolute atomic E-state index is 0.0192. The van der Waals surface area contributed by atoms with Gasteiger partial charge in [-0.25, -0.2) is 0 Å². The molecule has 4 rings (SSSR count). The maximum absolute atomic E-state index is 13.1. The molecule has 6 heteroatoms. The number of methoxy groups -OCH3 is 1. The molecule has 0 saturated carbocycles. The van der Waals surface area contributed by atoms with Crippen molar-refractivity contribution < 1.29 is 9.53 Å². The van der Waals surface area contributed by atoms with Crippen LogP contribution in [0.4, 0.5) is 0 Å². The molecule has 0 saturated heterocycles. The molecule has 4 aromatic rings. The van der Waals surface area contributed by atoms with Crippen molar-refractivity contribution in [1.29, 1.82) is 0 Å². The Hall–Kier alpha value is -3.25. The number of hydrogen-bond acceptors (Lipinski definition) is 4. The number of aromatic nitrogens is 3. The highest BCUT2D eigenvalue weighted by atomic mass is 79.9.